The van der Waals surface area contributed by atoms with Gasteiger partial charge >= 0.3 is 0 Å². The number of rotatable bonds is 0. The standard InChI is InChI=1S/C12H16N2.C11H14N2.C11H13NO.C11H13NS.C8H13NS/c1-12(2,3)11-13-9-7-5-6-8-10(9)14(11)4;3*1-11(2,3)10-12-8-6-4-5-7-9(8)13-10;1-6-5-10-7(9-6)8(2,3)4/h5-8H,1-4H3;4-7H,1-3H3,(H,12,13);2*4-7H,1-3H3;5H,1-4H3. The van der Waals surface area contributed by atoms with Crippen molar-refractivity contribution in [3.05, 3.63) is 136 Å². The van der Waals surface area contributed by atoms with Gasteiger partial charge in [0.2, 0.25) is 5.89 Å². The van der Waals surface area contributed by atoms with Gasteiger partial charge in [0, 0.05) is 45.2 Å². The first-order valence-electron chi connectivity index (χ1n) is 21.7. The lowest BCUT2D eigenvalue weighted by molar-refractivity contribution is 0.411. The summed E-state index contributed by atoms with van der Waals surface area (Å²) < 4.78 is 9.08. The monoisotopic (exact) mass is 884 g/mol. The van der Waals surface area contributed by atoms with Crippen LogP contribution < -0.4 is 0 Å². The molecule has 5 heterocycles. The fourth-order valence-electron chi connectivity index (χ4n) is 6.21. The number of hydrogen-bond acceptors (Lipinski definition) is 8. The van der Waals surface area contributed by atoms with Crippen LogP contribution in [0.4, 0.5) is 0 Å². The molecule has 0 saturated carbocycles. The highest BCUT2D eigenvalue weighted by Gasteiger charge is 2.22. The van der Waals surface area contributed by atoms with Gasteiger partial charge in [0.1, 0.15) is 17.2 Å². The average Bonchev–Trinajstić information content (AvgIpc) is 4.04. The number of aromatic amines is 1. The summed E-state index contributed by atoms with van der Waals surface area (Å²) >= 11 is 3.54. The molecule has 0 aliphatic rings. The summed E-state index contributed by atoms with van der Waals surface area (Å²) in [6, 6.07) is 32.5. The second-order valence-electron chi connectivity index (χ2n) is 21.1. The molecule has 0 bridgehead atoms. The molecular formula is C53H69N7OS2. The summed E-state index contributed by atoms with van der Waals surface area (Å²) in [6.45, 7) is 34.5. The fourth-order valence-corrected chi connectivity index (χ4v) is 8.12. The van der Waals surface area contributed by atoms with E-state index in [1.54, 1.807) is 22.7 Å². The minimum Gasteiger partial charge on any atom is -0.440 e. The van der Waals surface area contributed by atoms with Gasteiger partial charge in [-0.15, -0.1) is 22.7 Å². The van der Waals surface area contributed by atoms with E-state index in [0.29, 0.717) is 0 Å². The summed E-state index contributed by atoms with van der Waals surface area (Å²) in [5.74, 6) is 2.99. The summed E-state index contributed by atoms with van der Waals surface area (Å²) in [5.41, 5.74) is 9.10. The Bertz CT molecular complexity index is 2550. The molecule has 9 aromatic rings. The third-order valence-electron chi connectivity index (χ3n) is 9.69. The second-order valence-corrected chi connectivity index (χ2v) is 23.0. The van der Waals surface area contributed by atoms with Gasteiger partial charge in [-0.1, -0.05) is 152 Å². The lowest BCUT2D eigenvalue weighted by Crippen LogP contribution is -2.17. The Morgan fingerprint density at radius 3 is 1.56 bits per heavy atom. The van der Waals surface area contributed by atoms with Gasteiger partial charge in [0.25, 0.3) is 0 Å². The summed E-state index contributed by atoms with van der Waals surface area (Å²) in [4.78, 5) is 25.9. The van der Waals surface area contributed by atoms with Crippen LogP contribution in [0, 0.1) is 6.92 Å². The molecule has 10 heteroatoms. The number of para-hydroxylation sites is 7. The molecule has 0 fully saturated rings. The number of oxazole rings is 1. The van der Waals surface area contributed by atoms with Crippen LogP contribution in [0.3, 0.4) is 0 Å². The van der Waals surface area contributed by atoms with Gasteiger partial charge in [-0.2, -0.15) is 0 Å². The first kappa shape index (κ1) is 48.8. The molecule has 0 aliphatic heterocycles. The van der Waals surface area contributed by atoms with E-state index >= 15 is 0 Å². The van der Waals surface area contributed by atoms with Gasteiger partial charge in [-0.05, 0) is 55.5 Å². The van der Waals surface area contributed by atoms with E-state index < -0.39 is 0 Å². The van der Waals surface area contributed by atoms with Crippen LogP contribution in [0.25, 0.3) is 43.4 Å². The highest BCUT2D eigenvalue weighted by molar-refractivity contribution is 7.18. The smallest absolute Gasteiger partial charge is 0.200 e. The number of H-pyrrole nitrogens is 1. The molecule has 9 rings (SSSR count). The number of hydrogen-bond donors (Lipinski definition) is 1. The van der Waals surface area contributed by atoms with Crippen LogP contribution in [-0.4, -0.2) is 34.5 Å². The van der Waals surface area contributed by atoms with E-state index in [1.165, 1.54) is 20.2 Å². The van der Waals surface area contributed by atoms with Crippen LogP contribution >= 0.6 is 22.7 Å². The molecule has 63 heavy (non-hydrogen) atoms. The van der Waals surface area contributed by atoms with Gasteiger partial charge < -0.3 is 14.0 Å². The maximum Gasteiger partial charge on any atom is 0.200 e. The third kappa shape index (κ3) is 13.2. The molecule has 1 N–H and O–H groups in total. The van der Waals surface area contributed by atoms with E-state index in [9.17, 15) is 0 Å². The number of aromatic nitrogens is 7. The van der Waals surface area contributed by atoms with E-state index in [0.717, 1.165) is 56.4 Å². The van der Waals surface area contributed by atoms with Gasteiger partial charge in [-0.25, -0.2) is 24.9 Å². The molecule has 0 aliphatic carbocycles. The number of fused-ring (bicyclic) bond motifs is 4. The first-order valence-corrected chi connectivity index (χ1v) is 23.4. The zero-order valence-electron chi connectivity index (χ0n) is 40.7. The Morgan fingerprint density at radius 1 is 0.508 bits per heavy atom. The Morgan fingerprint density at radius 2 is 1.06 bits per heavy atom. The van der Waals surface area contributed by atoms with Crippen LogP contribution in [0.5, 0.6) is 0 Å². The summed E-state index contributed by atoms with van der Waals surface area (Å²) in [6.07, 6.45) is 0. The quantitative estimate of drug-likeness (QED) is 0.163. The lowest BCUT2D eigenvalue weighted by Gasteiger charge is -2.17. The van der Waals surface area contributed by atoms with E-state index in [-0.39, 0.29) is 27.1 Å². The predicted molar refractivity (Wildman–Crippen MR) is 271 cm³/mol. The SMILES string of the molecule is CC(C)(C)c1nc2ccccc2[nH]1.CC(C)(C)c1nc2ccccc2o1.CC(C)(C)c1nc2ccccc2s1.Cc1csc(C(C)(C)C)n1.Cn1c(C(C)(C)C)nc2ccccc21. The number of aryl methyl sites for hydroxylation is 2. The molecule has 334 valence electrons. The van der Waals surface area contributed by atoms with Crippen molar-refractivity contribution in [2.45, 2.75) is 138 Å². The molecule has 5 aromatic heterocycles. The predicted octanol–water partition coefficient (Wildman–Crippen LogP) is 15.2. The lowest BCUT2D eigenvalue weighted by atomic mass is 9.96. The van der Waals surface area contributed by atoms with Crippen molar-refractivity contribution in [1.29, 1.82) is 0 Å². The zero-order chi connectivity index (χ0) is 46.5. The molecule has 0 unspecified atom stereocenters. The molecule has 0 saturated heterocycles. The van der Waals surface area contributed by atoms with Crippen LogP contribution in [0.2, 0.25) is 0 Å². The number of thiazole rings is 2. The van der Waals surface area contributed by atoms with Gasteiger partial charge in [-0.3, -0.25) is 0 Å². The molecule has 0 atom stereocenters. The number of benzene rings is 4. The van der Waals surface area contributed by atoms with Crippen molar-refractivity contribution in [2.75, 3.05) is 0 Å². The Balaban J connectivity index is 0.000000149. The van der Waals surface area contributed by atoms with Gasteiger partial charge in [0.15, 0.2) is 5.58 Å². The minimum atomic E-state index is -0.0149. The summed E-state index contributed by atoms with van der Waals surface area (Å²) in [5, 5.41) is 4.54. The highest BCUT2D eigenvalue weighted by Crippen LogP contribution is 2.31. The van der Waals surface area contributed by atoms with Crippen molar-refractivity contribution in [3.8, 4) is 0 Å². The van der Waals surface area contributed by atoms with E-state index in [2.05, 4.69) is 193 Å². The first-order chi connectivity index (χ1) is 29.2. The normalized spacial score (nSPS) is 12.2. The molecule has 0 radical (unpaired) electrons. The van der Waals surface area contributed by atoms with Gasteiger partial charge in [0.05, 0.1) is 42.3 Å². The minimum absolute atomic E-state index is 0.0149. The topological polar surface area (TPSA) is 98.3 Å². The van der Waals surface area contributed by atoms with E-state index in [1.807, 2.05) is 61.5 Å². The Labute approximate surface area is 383 Å². The molecule has 8 nitrogen and oxygen atoms in total. The van der Waals surface area contributed by atoms with E-state index in [4.69, 9.17) is 4.42 Å². The highest BCUT2D eigenvalue weighted by atomic mass is 32.1. The largest absolute Gasteiger partial charge is 0.440 e. The molecule has 0 amide bonds. The maximum atomic E-state index is 5.62. The maximum absolute atomic E-state index is 5.62. The van der Waals surface area contributed by atoms with Crippen LogP contribution in [0.1, 0.15) is 137 Å². The summed E-state index contributed by atoms with van der Waals surface area (Å²) in [7, 11) is 2.08. The second kappa shape index (κ2) is 19.3. The molecule has 4 aromatic carbocycles. The van der Waals surface area contributed by atoms with Crippen molar-refractivity contribution in [1.82, 2.24) is 34.5 Å². The Hall–Kier alpha value is -5.19. The third-order valence-corrected chi connectivity index (χ3v) is 12.5. The van der Waals surface area contributed by atoms with Crippen molar-refractivity contribution in [2.24, 2.45) is 7.05 Å². The number of nitrogens with zero attached hydrogens (tertiary/aromatic N) is 6. The molecular weight excluding hydrogens is 815 g/mol. The zero-order valence-corrected chi connectivity index (χ0v) is 42.4. The van der Waals surface area contributed by atoms with Crippen LogP contribution in [0.15, 0.2) is 107 Å². The van der Waals surface area contributed by atoms with Crippen LogP contribution in [-0.2, 0) is 34.1 Å². The average molecular weight is 884 g/mol. The van der Waals surface area contributed by atoms with Crippen molar-refractivity contribution >= 4 is 66.1 Å². The van der Waals surface area contributed by atoms with Crippen molar-refractivity contribution < 1.29 is 4.42 Å². The Kier molecular flexibility index (Phi) is 14.9. The number of nitrogens with one attached hydrogen (secondary N) is 1. The van der Waals surface area contributed by atoms with Crippen molar-refractivity contribution in [3.63, 3.8) is 0 Å². The number of imidazole rings is 2. The molecule has 0 spiro atoms. The fraction of sp³-hybridized carbons (Fsp3) is 0.415.